The lowest BCUT2D eigenvalue weighted by molar-refractivity contribution is 0.0786. The van der Waals surface area contributed by atoms with E-state index in [4.69, 9.17) is 19.9 Å². The summed E-state index contributed by atoms with van der Waals surface area (Å²) in [6.07, 6.45) is 0.0153. The Hall–Kier alpha value is -2.69. The number of nitrogens with two attached hydrogens (primary N) is 1. The predicted molar refractivity (Wildman–Crippen MR) is 82.5 cm³/mol. The van der Waals surface area contributed by atoms with E-state index in [-0.39, 0.29) is 12.6 Å². The molecule has 0 saturated carbocycles. The van der Waals surface area contributed by atoms with Crippen LogP contribution in [-0.4, -0.2) is 18.7 Å². The van der Waals surface area contributed by atoms with Gasteiger partial charge in [0.15, 0.2) is 17.6 Å². The van der Waals surface area contributed by atoms with Crippen LogP contribution in [0.4, 0.5) is 5.69 Å². The van der Waals surface area contributed by atoms with Gasteiger partial charge < -0.3 is 19.9 Å². The maximum Gasteiger partial charge on any atom is 0.231 e. The van der Waals surface area contributed by atoms with Gasteiger partial charge in [-0.1, -0.05) is 6.92 Å². The molecule has 0 aliphatic carbocycles. The highest BCUT2D eigenvalue weighted by Crippen LogP contribution is 2.33. The number of hydrogen-bond donors (Lipinski definition) is 1. The maximum absolute atomic E-state index is 12.6. The second-order valence-corrected chi connectivity index (χ2v) is 5.02. The summed E-state index contributed by atoms with van der Waals surface area (Å²) in [6, 6.07) is 12.2. The Morgan fingerprint density at radius 3 is 2.64 bits per heavy atom. The minimum absolute atomic E-state index is 0.0855. The van der Waals surface area contributed by atoms with Gasteiger partial charge in [0.2, 0.25) is 12.6 Å². The topological polar surface area (TPSA) is 70.8 Å². The minimum Gasteiger partial charge on any atom is -0.482 e. The van der Waals surface area contributed by atoms with Gasteiger partial charge in [-0.3, -0.25) is 4.79 Å². The standard InChI is InChI=1S/C17H17NO4/c1-2-14(22-13-6-4-12(18)5-7-13)17(19)11-3-8-15-16(9-11)21-10-20-15/h3-9,14H,2,10,18H2,1H3. The third-order valence-electron chi connectivity index (χ3n) is 3.48. The van der Waals surface area contributed by atoms with Crippen molar-refractivity contribution in [2.75, 3.05) is 12.5 Å². The molecule has 0 saturated heterocycles. The van der Waals surface area contributed by atoms with Crippen LogP contribution in [0.5, 0.6) is 17.2 Å². The average molecular weight is 299 g/mol. The molecule has 0 spiro atoms. The van der Waals surface area contributed by atoms with E-state index in [1.54, 1.807) is 42.5 Å². The number of hydrogen-bond acceptors (Lipinski definition) is 5. The smallest absolute Gasteiger partial charge is 0.231 e. The van der Waals surface area contributed by atoms with E-state index in [9.17, 15) is 4.79 Å². The summed E-state index contributed by atoms with van der Waals surface area (Å²) >= 11 is 0. The van der Waals surface area contributed by atoms with E-state index in [2.05, 4.69) is 0 Å². The molecular weight excluding hydrogens is 282 g/mol. The van der Waals surface area contributed by atoms with Crippen LogP contribution in [0.25, 0.3) is 0 Å². The highest BCUT2D eigenvalue weighted by Gasteiger charge is 2.23. The lowest BCUT2D eigenvalue weighted by Crippen LogP contribution is -2.26. The molecule has 1 aliphatic rings. The predicted octanol–water partition coefficient (Wildman–Crippen LogP) is 3.04. The van der Waals surface area contributed by atoms with Crippen LogP contribution in [0.2, 0.25) is 0 Å². The van der Waals surface area contributed by atoms with Gasteiger partial charge in [0, 0.05) is 11.3 Å². The first-order valence-electron chi connectivity index (χ1n) is 7.13. The van der Waals surface area contributed by atoms with Gasteiger partial charge in [0.1, 0.15) is 5.75 Å². The van der Waals surface area contributed by atoms with Crippen LogP contribution in [0, 0.1) is 0 Å². The summed E-state index contributed by atoms with van der Waals surface area (Å²) in [6.45, 7) is 2.10. The van der Waals surface area contributed by atoms with E-state index in [0.29, 0.717) is 34.9 Å². The number of carbonyl (C=O) groups is 1. The summed E-state index contributed by atoms with van der Waals surface area (Å²) in [5.74, 6) is 1.78. The first kappa shape index (κ1) is 14.3. The zero-order valence-corrected chi connectivity index (χ0v) is 12.2. The summed E-state index contributed by atoms with van der Waals surface area (Å²) in [4.78, 5) is 12.6. The van der Waals surface area contributed by atoms with Crippen LogP contribution in [0.15, 0.2) is 42.5 Å². The number of fused-ring (bicyclic) bond motifs is 1. The van der Waals surface area contributed by atoms with Crippen LogP contribution in [-0.2, 0) is 0 Å². The van der Waals surface area contributed by atoms with E-state index in [0.717, 1.165) is 0 Å². The molecule has 1 atom stereocenters. The Morgan fingerprint density at radius 1 is 1.18 bits per heavy atom. The van der Waals surface area contributed by atoms with Crippen LogP contribution >= 0.6 is 0 Å². The third-order valence-corrected chi connectivity index (χ3v) is 3.48. The number of ketones is 1. The molecule has 0 amide bonds. The molecule has 2 N–H and O–H groups in total. The number of Topliss-reactive ketones (excluding diaryl/α,β-unsaturated/α-hetero) is 1. The highest BCUT2D eigenvalue weighted by molar-refractivity contribution is 6.00. The molecule has 2 aromatic rings. The van der Waals surface area contributed by atoms with Gasteiger partial charge in [-0.15, -0.1) is 0 Å². The zero-order chi connectivity index (χ0) is 15.5. The molecule has 0 aromatic heterocycles. The van der Waals surface area contributed by atoms with E-state index in [1.807, 2.05) is 6.92 Å². The molecule has 114 valence electrons. The first-order valence-corrected chi connectivity index (χ1v) is 7.13. The van der Waals surface area contributed by atoms with Gasteiger partial charge in [-0.2, -0.15) is 0 Å². The van der Waals surface area contributed by atoms with Crippen molar-refractivity contribution in [1.29, 1.82) is 0 Å². The van der Waals surface area contributed by atoms with Crippen molar-refractivity contribution in [3.8, 4) is 17.2 Å². The summed E-state index contributed by atoms with van der Waals surface area (Å²) in [5.41, 5.74) is 6.85. The van der Waals surface area contributed by atoms with Crippen LogP contribution < -0.4 is 19.9 Å². The minimum atomic E-state index is -0.552. The molecule has 1 unspecified atom stereocenters. The quantitative estimate of drug-likeness (QED) is 0.678. The van der Waals surface area contributed by atoms with Gasteiger partial charge in [-0.25, -0.2) is 0 Å². The Morgan fingerprint density at radius 2 is 1.91 bits per heavy atom. The van der Waals surface area contributed by atoms with E-state index in [1.165, 1.54) is 0 Å². The largest absolute Gasteiger partial charge is 0.482 e. The Balaban J connectivity index is 1.78. The molecule has 2 aromatic carbocycles. The summed E-state index contributed by atoms with van der Waals surface area (Å²) < 4.78 is 16.3. The van der Waals surface area contributed by atoms with Crippen molar-refractivity contribution < 1.29 is 19.0 Å². The lowest BCUT2D eigenvalue weighted by atomic mass is 10.0. The van der Waals surface area contributed by atoms with E-state index >= 15 is 0 Å². The fourth-order valence-corrected chi connectivity index (χ4v) is 2.27. The molecule has 0 radical (unpaired) electrons. The highest BCUT2D eigenvalue weighted by atomic mass is 16.7. The second kappa shape index (κ2) is 5.97. The number of anilines is 1. The average Bonchev–Trinajstić information content (AvgIpc) is 3.01. The third kappa shape index (κ3) is 2.83. The van der Waals surface area contributed by atoms with Crippen molar-refractivity contribution in [1.82, 2.24) is 0 Å². The number of nitrogen functional groups attached to an aromatic ring is 1. The normalized spacial score (nSPS) is 13.7. The van der Waals surface area contributed by atoms with Crippen molar-refractivity contribution >= 4 is 11.5 Å². The van der Waals surface area contributed by atoms with Crippen LogP contribution in [0.3, 0.4) is 0 Å². The summed E-state index contributed by atoms with van der Waals surface area (Å²) in [5, 5.41) is 0. The number of ether oxygens (including phenoxy) is 3. The van der Waals surface area contributed by atoms with Gasteiger partial charge in [0.05, 0.1) is 0 Å². The monoisotopic (exact) mass is 299 g/mol. The molecule has 1 heterocycles. The van der Waals surface area contributed by atoms with Gasteiger partial charge >= 0.3 is 0 Å². The number of benzene rings is 2. The maximum atomic E-state index is 12.6. The first-order chi connectivity index (χ1) is 10.7. The molecule has 5 nitrogen and oxygen atoms in total. The molecule has 1 aliphatic heterocycles. The molecular formula is C17H17NO4. The fraction of sp³-hybridized carbons (Fsp3) is 0.235. The van der Waals surface area contributed by atoms with Crippen LogP contribution in [0.1, 0.15) is 23.7 Å². The van der Waals surface area contributed by atoms with Crippen molar-refractivity contribution in [3.63, 3.8) is 0 Å². The van der Waals surface area contributed by atoms with Gasteiger partial charge in [0.25, 0.3) is 0 Å². The zero-order valence-electron chi connectivity index (χ0n) is 12.2. The van der Waals surface area contributed by atoms with Crippen molar-refractivity contribution in [3.05, 3.63) is 48.0 Å². The summed E-state index contributed by atoms with van der Waals surface area (Å²) in [7, 11) is 0. The SMILES string of the molecule is CCC(Oc1ccc(N)cc1)C(=O)c1ccc2c(c1)OCO2. The van der Waals surface area contributed by atoms with Gasteiger partial charge in [-0.05, 0) is 48.9 Å². The lowest BCUT2D eigenvalue weighted by Gasteiger charge is -2.16. The fourth-order valence-electron chi connectivity index (χ4n) is 2.27. The Bertz CT molecular complexity index is 682. The van der Waals surface area contributed by atoms with Crippen molar-refractivity contribution in [2.45, 2.75) is 19.4 Å². The molecule has 3 rings (SSSR count). The second-order valence-electron chi connectivity index (χ2n) is 5.02. The Kier molecular flexibility index (Phi) is 3.87. The molecule has 22 heavy (non-hydrogen) atoms. The number of carbonyl (C=O) groups excluding carboxylic acids is 1. The number of rotatable bonds is 5. The Labute approximate surface area is 128 Å². The molecule has 0 bridgehead atoms. The van der Waals surface area contributed by atoms with Crippen molar-refractivity contribution in [2.24, 2.45) is 0 Å². The molecule has 0 fully saturated rings. The molecule has 5 heteroatoms. The van der Waals surface area contributed by atoms with E-state index < -0.39 is 6.10 Å².